The number of carbonyl (C=O) groups is 3. The molecule has 0 heterocycles. The molecule has 1 saturated carbocycles. The number of benzene rings is 1. The van der Waals surface area contributed by atoms with Crippen molar-refractivity contribution in [2.75, 3.05) is 27.9 Å². The zero-order valence-corrected chi connectivity index (χ0v) is 17.9. The SMILES string of the molecule is COc1cc(CC(=O)OCC(=O)NC(=O)N[C@@H]2CCCC[C@@H]2C)cc(OC)c1OC. The number of carbonyl (C=O) groups excluding carboxylic acids is 3. The van der Waals surface area contributed by atoms with Crippen molar-refractivity contribution in [3.63, 3.8) is 0 Å². The van der Waals surface area contributed by atoms with Crippen molar-refractivity contribution in [3.05, 3.63) is 17.7 Å². The van der Waals surface area contributed by atoms with Gasteiger partial charge in [-0.25, -0.2) is 4.79 Å². The smallest absolute Gasteiger partial charge is 0.321 e. The van der Waals surface area contributed by atoms with Gasteiger partial charge in [0.1, 0.15) is 0 Å². The van der Waals surface area contributed by atoms with E-state index in [1.54, 1.807) is 12.1 Å². The van der Waals surface area contributed by atoms with E-state index in [-0.39, 0.29) is 12.5 Å². The van der Waals surface area contributed by atoms with Gasteiger partial charge in [0.2, 0.25) is 5.75 Å². The molecule has 30 heavy (non-hydrogen) atoms. The van der Waals surface area contributed by atoms with Crippen molar-refractivity contribution in [2.24, 2.45) is 5.92 Å². The Labute approximate surface area is 176 Å². The van der Waals surface area contributed by atoms with Gasteiger partial charge in [0, 0.05) is 6.04 Å². The highest BCUT2D eigenvalue weighted by Gasteiger charge is 2.23. The summed E-state index contributed by atoms with van der Waals surface area (Å²) in [7, 11) is 4.43. The third-order valence-corrected chi connectivity index (χ3v) is 5.12. The summed E-state index contributed by atoms with van der Waals surface area (Å²) in [4.78, 5) is 36.0. The first-order valence-electron chi connectivity index (χ1n) is 9.92. The van der Waals surface area contributed by atoms with E-state index in [9.17, 15) is 14.4 Å². The molecule has 0 spiro atoms. The summed E-state index contributed by atoms with van der Waals surface area (Å²) in [6.07, 6.45) is 4.06. The molecule has 1 aliphatic rings. The van der Waals surface area contributed by atoms with Crippen LogP contribution in [0.25, 0.3) is 0 Å². The quantitative estimate of drug-likeness (QED) is 0.618. The first-order valence-corrected chi connectivity index (χ1v) is 9.92. The van der Waals surface area contributed by atoms with Crippen molar-refractivity contribution in [2.45, 2.75) is 45.1 Å². The van der Waals surface area contributed by atoms with E-state index in [0.717, 1.165) is 25.7 Å². The Morgan fingerprint density at radius 2 is 1.63 bits per heavy atom. The van der Waals surface area contributed by atoms with Crippen molar-refractivity contribution < 1.29 is 33.3 Å². The zero-order valence-electron chi connectivity index (χ0n) is 17.9. The van der Waals surface area contributed by atoms with E-state index in [4.69, 9.17) is 18.9 Å². The Balaban J connectivity index is 1.82. The van der Waals surface area contributed by atoms with Gasteiger partial charge in [0.25, 0.3) is 5.91 Å². The van der Waals surface area contributed by atoms with Crippen molar-refractivity contribution >= 4 is 17.9 Å². The van der Waals surface area contributed by atoms with Gasteiger partial charge in [-0.15, -0.1) is 0 Å². The van der Waals surface area contributed by atoms with E-state index < -0.39 is 24.5 Å². The minimum absolute atomic E-state index is 0.0501. The van der Waals surface area contributed by atoms with Crippen molar-refractivity contribution in [1.82, 2.24) is 10.6 Å². The number of hydrogen-bond acceptors (Lipinski definition) is 7. The molecule has 2 rings (SSSR count). The summed E-state index contributed by atoms with van der Waals surface area (Å²) >= 11 is 0. The molecule has 0 saturated heterocycles. The van der Waals surface area contributed by atoms with Crippen LogP contribution in [0, 0.1) is 5.92 Å². The fourth-order valence-electron chi connectivity index (χ4n) is 3.50. The highest BCUT2D eigenvalue weighted by atomic mass is 16.5. The van der Waals surface area contributed by atoms with Gasteiger partial charge < -0.3 is 24.3 Å². The molecular weight excluding hydrogens is 392 g/mol. The number of ether oxygens (including phenoxy) is 4. The van der Waals surface area contributed by atoms with E-state index in [1.807, 2.05) is 0 Å². The lowest BCUT2D eigenvalue weighted by Crippen LogP contribution is -2.48. The summed E-state index contributed by atoms with van der Waals surface area (Å²) in [6, 6.07) is 2.73. The summed E-state index contributed by atoms with van der Waals surface area (Å²) in [6.45, 7) is 1.54. The average molecular weight is 422 g/mol. The lowest BCUT2D eigenvalue weighted by molar-refractivity contribution is -0.147. The van der Waals surface area contributed by atoms with Gasteiger partial charge in [-0.05, 0) is 36.5 Å². The van der Waals surface area contributed by atoms with E-state index in [1.165, 1.54) is 21.3 Å². The summed E-state index contributed by atoms with van der Waals surface area (Å²) in [5.74, 6) is 0.289. The van der Waals surface area contributed by atoms with Crippen LogP contribution >= 0.6 is 0 Å². The van der Waals surface area contributed by atoms with Crippen LogP contribution in [0.15, 0.2) is 12.1 Å². The fourth-order valence-corrected chi connectivity index (χ4v) is 3.50. The Hall–Kier alpha value is -2.97. The normalized spacial score (nSPS) is 18.1. The minimum atomic E-state index is -0.686. The largest absolute Gasteiger partial charge is 0.493 e. The molecule has 3 amide bonds. The van der Waals surface area contributed by atoms with Gasteiger partial charge in [0.05, 0.1) is 27.8 Å². The standard InChI is InChI=1S/C21H30N2O7/c1-13-7-5-6-8-15(13)22-21(26)23-18(24)12-30-19(25)11-14-9-16(27-2)20(29-4)17(10-14)28-3/h9-10,13,15H,5-8,11-12H2,1-4H3,(H2,22,23,24,26)/t13-,15+/m0/s1. The van der Waals surface area contributed by atoms with Crippen LogP contribution in [0.5, 0.6) is 17.2 Å². The van der Waals surface area contributed by atoms with Gasteiger partial charge in [-0.2, -0.15) is 0 Å². The molecule has 1 aromatic rings. The van der Waals surface area contributed by atoms with Crippen molar-refractivity contribution in [3.8, 4) is 17.2 Å². The third kappa shape index (κ3) is 6.53. The maximum Gasteiger partial charge on any atom is 0.321 e. The predicted octanol–water partition coefficient (Wildman–Crippen LogP) is 2.20. The Morgan fingerprint density at radius 1 is 1.00 bits per heavy atom. The second kappa shape index (κ2) is 11.3. The Kier molecular flexibility index (Phi) is 8.76. The first kappa shape index (κ1) is 23.3. The number of nitrogens with one attached hydrogen (secondary N) is 2. The molecule has 0 radical (unpaired) electrons. The van der Waals surface area contributed by atoms with Crippen LogP contribution in [0.1, 0.15) is 38.2 Å². The third-order valence-electron chi connectivity index (χ3n) is 5.12. The number of imide groups is 1. The lowest BCUT2D eigenvalue weighted by Gasteiger charge is -2.29. The second-order valence-corrected chi connectivity index (χ2v) is 7.26. The topological polar surface area (TPSA) is 112 Å². The molecule has 2 N–H and O–H groups in total. The number of methoxy groups -OCH3 is 3. The molecule has 0 aromatic heterocycles. The predicted molar refractivity (Wildman–Crippen MR) is 109 cm³/mol. The minimum Gasteiger partial charge on any atom is -0.493 e. The van der Waals surface area contributed by atoms with Crippen LogP contribution in [0.3, 0.4) is 0 Å². The van der Waals surface area contributed by atoms with E-state index in [2.05, 4.69) is 17.6 Å². The molecule has 0 aliphatic heterocycles. The fraction of sp³-hybridized carbons (Fsp3) is 0.571. The molecule has 2 atom stereocenters. The first-order chi connectivity index (χ1) is 14.4. The summed E-state index contributed by atoms with van der Waals surface area (Å²) in [5.41, 5.74) is 0.568. The van der Waals surface area contributed by atoms with Crippen LogP contribution in [0.4, 0.5) is 4.79 Å². The lowest BCUT2D eigenvalue weighted by atomic mass is 9.86. The molecule has 1 fully saturated rings. The molecule has 1 aliphatic carbocycles. The Morgan fingerprint density at radius 3 is 2.20 bits per heavy atom. The summed E-state index contributed by atoms with van der Waals surface area (Å²) in [5, 5.41) is 5.01. The van der Waals surface area contributed by atoms with E-state index >= 15 is 0 Å². The van der Waals surface area contributed by atoms with E-state index in [0.29, 0.717) is 28.7 Å². The monoisotopic (exact) mass is 422 g/mol. The molecule has 0 bridgehead atoms. The van der Waals surface area contributed by atoms with Crippen LogP contribution in [-0.2, 0) is 20.7 Å². The number of esters is 1. The van der Waals surface area contributed by atoms with Crippen LogP contribution < -0.4 is 24.8 Å². The number of rotatable bonds is 8. The number of amides is 3. The zero-order chi connectivity index (χ0) is 22.1. The highest BCUT2D eigenvalue weighted by molar-refractivity contribution is 5.95. The maximum absolute atomic E-state index is 12.1. The second-order valence-electron chi connectivity index (χ2n) is 7.26. The van der Waals surface area contributed by atoms with Crippen LogP contribution in [0.2, 0.25) is 0 Å². The van der Waals surface area contributed by atoms with Crippen molar-refractivity contribution in [1.29, 1.82) is 0 Å². The van der Waals surface area contributed by atoms with Crippen LogP contribution in [-0.4, -0.2) is 51.9 Å². The molecule has 9 heteroatoms. The Bertz CT molecular complexity index is 741. The van der Waals surface area contributed by atoms with Gasteiger partial charge in [-0.1, -0.05) is 19.8 Å². The highest BCUT2D eigenvalue weighted by Crippen LogP contribution is 2.38. The average Bonchev–Trinajstić information content (AvgIpc) is 2.73. The van der Waals surface area contributed by atoms with Gasteiger partial charge in [-0.3, -0.25) is 14.9 Å². The van der Waals surface area contributed by atoms with Gasteiger partial charge >= 0.3 is 12.0 Å². The molecular formula is C21H30N2O7. The molecule has 0 unspecified atom stereocenters. The number of hydrogen-bond donors (Lipinski definition) is 2. The molecule has 9 nitrogen and oxygen atoms in total. The maximum atomic E-state index is 12.1. The summed E-state index contributed by atoms with van der Waals surface area (Å²) < 4.78 is 20.7. The number of urea groups is 1. The molecule has 166 valence electrons. The molecule has 1 aromatic carbocycles. The van der Waals surface area contributed by atoms with Gasteiger partial charge in [0.15, 0.2) is 18.1 Å².